The summed E-state index contributed by atoms with van der Waals surface area (Å²) in [5.41, 5.74) is 7.31. The highest BCUT2D eigenvalue weighted by molar-refractivity contribution is 5.71. The average Bonchev–Trinajstić information content (AvgIpc) is 2.53. The lowest BCUT2D eigenvalue weighted by molar-refractivity contribution is 0.0976. The van der Waals surface area contributed by atoms with Crippen LogP contribution in [0.1, 0.15) is 0 Å². The molecule has 104 valence electrons. The largest absolute Gasteiger partial charge is 0.486 e. The van der Waals surface area contributed by atoms with E-state index in [-0.39, 0.29) is 6.10 Å². The van der Waals surface area contributed by atoms with Crippen LogP contribution in [-0.2, 0) is 0 Å². The fourth-order valence-electron chi connectivity index (χ4n) is 2.13. The summed E-state index contributed by atoms with van der Waals surface area (Å²) in [6.07, 6.45) is -0.130. The number of rotatable bonds is 3. The first-order chi connectivity index (χ1) is 9.81. The van der Waals surface area contributed by atoms with Crippen molar-refractivity contribution in [2.75, 3.05) is 20.3 Å². The van der Waals surface area contributed by atoms with Crippen LogP contribution in [-0.4, -0.2) is 31.3 Å². The van der Waals surface area contributed by atoms with Gasteiger partial charge >= 0.3 is 0 Å². The highest BCUT2D eigenvalue weighted by atomic mass is 16.6. The summed E-state index contributed by atoms with van der Waals surface area (Å²) < 4.78 is 16.8. The molecule has 0 spiro atoms. The Morgan fingerprint density at radius 2 is 2.15 bits per heavy atom. The van der Waals surface area contributed by atoms with E-state index in [1.807, 2.05) is 30.3 Å². The molecule has 3 rings (SSSR count). The molecule has 1 aromatic carbocycles. The molecule has 5 heteroatoms. The number of nitrogens with two attached hydrogens (primary N) is 1. The van der Waals surface area contributed by atoms with E-state index in [4.69, 9.17) is 19.9 Å². The van der Waals surface area contributed by atoms with Crippen molar-refractivity contribution in [3.8, 4) is 28.6 Å². The number of benzene rings is 1. The number of para-hydroxylation sites is 1. The maximum atomic E-state index is 5.91. The van der Waals surface area contributed by atoms with E-state index < -0.39 is 0 Å². The second kappa shape index (κ2) is 5.38. The van der Waals surface area contributed by atoms with Gasteiger partial charge in [-0.05, 0) is 18.2 Å². The quantitative estimate of drug-likeness (QED) is 0.923. The first-order valence-electron chi connectivity index (χ1n) is 6.45. The molecule has 0 saturated heterocycles. The fraction of sp³-hybridized carbons (Fsp3) is 0.267. The molecular weight excluding hydrogens is 256 g/mol. The van der Waals surface area contributed by atoms with E-state index in [2.05, 4.69) is 4.98 Å². The topological polar surface area (TPSA) is 66.6 Å². The van der Waals surface area contributed by atoms with Crippen molar-refractivity contribution in [2.24, 2.45) is 5.73 Å². The lowest BCUT2D eigenvalue weighted by Gasteiger charge is -2.27. The molecule has 20 heavy (non-hydrogen) atoms. The Balaban J connectivity index is 2.05. The standard InChI is InChI=1S/C15H16N2O3/c1-18-14-7-3-5-12(17-14)11-4-2-6-13-15(11)20-10(8-16)9-19-13/h2-7,10H,8-9,16H2,1H3/t10-/m1/s1. The van der Waals surface area contributed by atoms with E-state index in [1.54, 1.807) is 13.2 Å². The maximum absolute atomic E-state index is 5.91. The first-order valence-corrected chi connectivity index (χ1v) is 6.45. The molecule has 1 aliphatic heterocycles. The van der Waals surface area contributed by atoms with Crippen LogP contribution >= 0.6 is 0 Å². The van der Waals surface area contributed by atoms with Gasteiger partial charge in [-0.1, -0.05) is 12.1 Å². The Morgan fingerprint density at radius 1 is 1.30 bits per heavy atom. The molecule has 0 radical (unpaired) electrons. The summed E-state index contributed by atoms with van der Waals surface area (Å²) in [5, 5.41) is 0. The van der Waals surface area contributed by atoms with Crippen LogP contribution in [0, 0.1) is 0 Å². The monoisotopic (exact) mass is 272 g/mol. The van der Waals surface area contributed by atoms with E-state index in [9.17, 15) is 0 Å². The van der Waals surface area contributed by atoms with Crippen molar-refractivity contribution in [2.45, 2.75) is 6.10 Å². The molecule has 2 heterocycles. The minimum atomic E-state index is -0.130. The number of hydrogen-bond donors (Lipinski definition) is 1. The van der Waals surface area contributed by atoms with Gasteiger partial charge in [0.15, 0.2) is 11.5 Å². The zero-order chi connectivity index (χ0) is 13.9. The number of aromatic nitrogens is 1. The lowest BCUT2D eigenvalue weighted by atomic mass is 10.1. The van der Waals surface area contributed by atoms with Crippen molar-refractivity contribution in [3.05, 3.63) is 36.4 Å². The van der Waals surface area contributed by atoms with Crippen LogP contribution in [0.2, 0.25) is 0 Å². The first kappa shape index (κ1) is 12.7. The third-order valence-corrected chi connectivity index (χ3v) is 3.16. The molecule has 0 fully saturated rings. The number of ether oxygens (including phenoxy) is 3. The number of fused-ring (bicyclic) bond motifs is 1. The van der Waals surface area contributed by atoms with E-state index in [1.165, 1.54) is 0 Å². The summed E-state index contributed by atoms with van der Waals surface area (Å²) in [4.78, 5) is 4.43. The summed E-state index contributed by atoms with van der Waals surface area (Å²) >= 11 is 0. The summed E-state index contributed by atoms with van der Waals surface area (Å²) in [6.45, 7) is 0.887. The zero-order valence-electron chi connectivity index (χ0n) is 11.2. The van der Waals surface area contributed by atoms with Crippen LogP contribution in [0.4, 0.5) is 0 Å². The number of nitrogens with zero attached hydrogens (tertiary/aromatic N) is 1. The molecule has 1 aliphatic rings. The molecule has 5 nitrogen and oxygen atoms in total. The van der Waals surface area contributed by atoms with Crippen molar-refractivity contribution >= 4 is 0 Å². The summed E-state index contributed by atoms with van der Waals surface area (Å²) in [7, 11) is 1.59. The Hall–Kier alpha value is -2.27. The molecule has 2 N–H and O–H groups in total. The van der Waals surface area contributed by atoms with Crippen molar-refractivity contribution in [1.29, 1.82) is 0 Å². The normalized spacial score (nSPS) is 16.8. The second-order valence-electron chi connectivity index (χ2n) is 4.48. The Labute approximate surface area is 117 Å². The van der Waals surface area contributed by atoms with Gasteiger partial charge < -0.3 is 19.9 Å². The second-order valence-corrected chi connectivity index (χ2v) is 4.48. The van der Waals surface area contributed by atoms with Gasteiger partial charge in [0.1, 0.15) is 12.7 Å². The van der Waals surface area contributed by atoms with Crippen LogP contribution in [0.3, 0.4) is 0 Å². The van der Waals surface area contributed by atoms with Crippen LogP contribution in [0.25, 0.3) is 11.3 Å². The number of pyridine rings is 1. The third-order valence-electron chi connectivity index (χ3n) is 3.16. The highest BCUT2D eigenvalue weighted by Gasteiger charge is 2.23. The van der Waals surface area contributed by atoms with Crippen molar-refractivity contribution in [3.63, 3.8) is 0 Å². The number of hydrogen-bond acceptors (Lipinski definition) is 5. The maximum Gasteiger partial charge on any atom is 0.213 e. The minimum Gasteiger partial charge on any atom is -0.486 e. The van der Waals surface area contributed by atoms with Gasteiger partial charge in [-0.3, -0.25) is 0 Å². The van der Waals surface area contributed by atoms with Gasteiger partial charge in [0, 0.05) is 18.2 Å². The summed E-state index contributed by atoms with van der Waals surface area (Å²) in [6, 6.07) is 11.4. The van der Waals surface area contributed by atoms with Gasteiger partial charge in [-0.2, -0.15) is 0 Å². The van der Waals surface area contributed by atoms with Gasteiger partial charge in [0.25, 0.3) is 0 Å². The molecule has 0 saturated carbocycles. The van der Waals surface area contributed by atoms with Crippen molar-refractivity contribution < 1.29 is 14.2 Å². The molecule has 0 aliphatic carbocycles. The molecule has 2 aromatic rings. The van der Waals surface area contributed by atoms with Crippen LogP contribution < -0.4 is 19.9 Å². The lowest BCUT2D eigenvalue weighted by Crippen LogP contribution is -2.35. The van der Waals surface area contributed by atoms with Gasteiger partial charge in [0.05, 0.1) is 12.8 Å². The number of methoxy groups -OCH3 is 1. The molecule has 1 atom stereocenters. The van der Waals surface area contributed by atoms with Gasteiger partial charge in [0.2, 0.25) is 5.88 Å². The van der Waals surface area contributed by atoms with E-state index >= 15 is 0 Å². The van der Waals surface area contributed by atoms with Gasteiger partial charge in [-0.25, -0.2) is 4.98 Å². The SMILES string of the molecule is COc1cccc(-c2cccc3c2O[C@H](CN)CO3)n1. The molecule has 0 amide bonds. The average molecular weight is 272 g/mol. The summed E-state index contributed by atoms with van der Waals surface area (Å²) in [5.74, 6) is 1.97. The predicted octanol–water partition coefficient (Wildman–Crippen LogP) is 1.86. The van der Waals surface area contributed by atoms with Crippen LogP contribution in [0.15, 0.2) is 36.4 Å². The fourth-order valence-corrected chi connectivity index (χ4v) is 2.13. The zero-order valence-corrected chi connectivity index (χ0v) is 11.2. The Bertz CT molecular complexity index is 616. The van der Waals surface area contributed by atoms with Crippen LogP contribution in [0.5, 0.6) is 17.4 Å². The Morgan fingerprint density at radius 3 is 2.95 bits per heavy atom. The Kier molecular flexibility index (Phi) is 3.43. The van der Waals surface area contributed by atoms with E-state index in [0.29, 0.717) is 24.8 Å². The van der Waals surface area contributed by atoms with Crippen molar-refractivity contribution in [1.82, 2.24) is 4.98 Å². The minimum absolute atomic E-state index is 0.130. The molecule has 1 aromatic heterocycles. The predicted molar refractivity (Wildman–Crippen MR) is 75.2 cm³/mol. The molecule has 0 bridgehead atoms. The highest BCUT2D eigenvalue weighted by Crippen LogP contribution is 2.40. The van der Waals surface area contributed by atoms with Gasteiger partial charge in [-0.15, -0.1) is 0 Å². The van der Waals surface area contributed by atoms with E-state index in [0.717, 1.165) is 17.0 Å². The third kappa shape index (κ3) is 2.28. The molecular formula is C15H16N2O3. The smallest absolute Gasteiger partial charge is 0.213 e. The molecule has 0 unspecified atom stereocenters.